The van der Waals surface area contributed by atoms with Gasteiger partial charge in [-0.25, -0.2) is 4.98 Å². The van der Waals surface area contributed by atoms with Crippen molar-refractivity contribution in [3.63, 3.8) is 0 Å². The van der Waals surface area contributed by atoms with Crippen molar-refractivity contribution in [1.29, 1.82) is 0 Å². The number of hydrogen-bond acceptors (Lipinski definition) is 3. The van der Waals surface area contributed by atoms with E-state index in [1.165, 1.54) is 17.3 Å². The lowest BCUT2D eigenvalue weighted by Crippen LogP contribution is -2.44. The summed E-state index contributed by atoms with van der Waals surface area (Å²) < 4.78 is 0. The van der Waals surface area contributed by atoms with Crippen molar-refractivity contribution >= 4 is 23.3 Å². The van der Waals surface area contributed by atoms with E-state index in [4.69, 9.17) is 11.6 Å². The molecule has 0 saturated carbocycles. The van der Waals surface area contributed by atoms with Crippen LogP contribution in [0.5, 0.6) is 0 Å². The van der Waals surface area contributed by atoms with Gasteiger partial charge in [0.1, 0.15) is 5.82 Å². The predicted molar refractivity (Wildman–Crippen MR) is 78.7 cm³/mol. The molecule has 0 aliphatic carbocycles. The highest BCUT2D eigenvalue weighted by atomic mass is 35.5. The van der Waals surface area contributed by atoms with Crippen LogP contribution in [0.4, 0.5) is 5.82 Å². The number of rotatable bonds is 2. The van der Waals surface area contributed by atoms with Gasteiger partial charge in [-0.2, -0.15) is 0 Å². The molecule has 0 fully saturated rings. The van der Waals surface area contributed by atoms with Crippen molar-refractivity contribution in [3.8, 4) is 0 Å². The van der Waals surface area contributed by atoms with E-state index in [1.807, 2.05) is 12.1 Å². The summed E-state index contributed by atoms with van der Waals surface area (Å²) in [7, 11) is 0. The zero-order chi connectivity index (χ0) is 13.9. The monoisotopic (exact) mass is 287 g/mol. The van der Waals surface area contributed by atoms with E-state index in [0.717, 1.165) is 0 Å². The lowest BCUT2D eigenvalue weighted by Gasteiger charge is -2.25. The van der Waals surface area contributed by atoms with E-state index in [-0.39, 0.29) is 11.9 Å². The highest BCUT2D eigenvalue weighted by Gasteiger charge is 2.23. The molecule has 4 nitrogen and oxygen atoms in total. The second-order valence-corrected chi connectivity index (χ2v) is 5.19. The number of nitrogens with zero attached hydrogens (tertiary/aromatic N) is 1. The third-order valence-corrected chi connectivity index (χ3v) is 3.60. The van der Waals surface area contributed by atoms with Crippen LogP contribution in [0.3, 0.4) is 0 Å². The second-order valence-electron chi connectivity index (χ2n) is 4.76. The maximum Gasteiger partial charge on any atom is 0.243 e. The Morgan fingerprint density at radius 2 is 2.05 bits per heavy atom. The zero-order valence-corrected chi connectivity index (χ0v) is 11.5. The zero-order valence-electron chi connectivity index (χ0n) is 10.8. The van der Waals surface area contributed by atoms with Crippen LogP contribution in [-0.4, -0.2) is 16.9 Å². The number of carbonyl (C=O) groups excluding carboxylic acids is 1. The molecule has 1 amide bonds. The molecule has 2 N–H and O–H groups in total. The Morgan fingerprint density at radius 1 is 1.25 bits per heavy atom. The quantitative estimate of drug-likeness (QED) is 0.892. The molecule has 1 atom stereocenters. The number of halogens is 1. The topological polar surface area (TPSA) is 54.0 Å². The van der Waals surface area contributed by atoms with Crippen molar-refractivity contribution in [3.05, 3.63) is 58.7 Å². The Bertz CT molecular complexity index is 627. The fraction of sp³-hybridized carbons (Fsp3) is 0.200. The first-order valence-electron chi connectivity index (χ1n) is 6.45. The molecular weight excluding hydrogens is 274 g/mol. The molecule has 2 aromatic rings. The first kappa shape index (κ1) is 13.1. The minimum absolute atomic E-state index is 0.0747. The smallest absolute Gasteiger partial charge is 0.243 e. The lowest BCUT2D eigenvalue weighted by atomic mass is 9.95. The summed E-state index contributed by atoms with van der Waals surface area (Å²) >= 11 is 5.77. The number of hydrogen-bond donors (Lipinski definition) is 2. The summed E-state index contributed by atoms with van der Waals surface area (Å²) in [5, 5.41) is 6.59. The summed E-state index contributed by atoms with van der Waals surface area (Å²) in [4.78, 5) is 16.3. The molecule has 0 spiro atoms. The van der Waals surface area contributed by atoms with Gasteiger partial charge in [0, 0.05) is 12.7 Å². The van der Waals surface area contributed by atoms with Gasteiger partial charge in [0.2, 0.25) is 5.91 Å². The Labute approximate surface area is 122 Å². The van der Waals surface area contributed by atoms with E-state index < -0.39 is 0 Å². The van der Waals surface area contributed by atoms with Crippen LogP contribution >= 0.6 is 11.6 Å². The SMILES string of the molecule is O=C(Nc1ccc(Cl)cn1)C1Cc2ccccc2CN1. The van der Waals surface area contributed by atoms with Crippen LogP contribution in [-0.2, 0) is 17.8 Å². The molecule has 0 saturated heterocycles. The highest BCUT2D eigenvalue weighted by molar-refractivity contribution is 6.30. The van der Waals surface area contributed by atoms with E-state index >= 15 is 0 Å². The molecule has 0 bridgehead atoms. The third-order valence-electron chi connectivity index (χ3n) is 3.38. The molecule has 3 rings (SSSR count). The molecule has 2 heterocycles. The van der Waals surface area contributed by atoms with Gasteiger partial charge in [0.25, 0.3) is 0 Å². The van der Waals surface area contributed by atoms with Gasteiger partial charge in [-0.3, -0.25) is 4.79 Å². The number of nitrogens with one attached hydrogen (secondary N) is 2. The van der Waals surface area contributed by atoms with E-state index in [0.29, 0.717) is 23.8 Å². The number of fused-ring (bicyclic) bond motifs is 1. The highest BCUT2D eigenvalue weighted by Crippen LogP contribution is 2.17. The number of carbonyl (C=O) groups is 1. The number of amides is 1. The molecule has 1 aromatic heterocycles. The van der Waals surface area contributed by atoms with Crippen molar-refractivity contribution in [2.45, 2.75) is 19.0 Å². The molecule has 1 aliphatic rings. The van der Waals surface area contributed by atoms with Crippen molar-refractivity contribution in [2.75, 3.05) is 5.32 Å². The predicted octanol–water partition coefficient (Wildman–Crippen LogP) is 2.39. The number of pyridine rings is 1. The van der Waals surface area contributed by atoms with Crippen LogP contribution in [0.25, 0.3) is 0 Å². The average Bonchev–Trinajstić information content (AvgIpc) is 2.49. The first-order chi connectivity index (χ1) is 9.72. The van der Waals surface area contributed by atoms with Crippen LogP contribution in [0.15, 0.2) is 42.6 Å². The fourth-order valence-electron chi connectivity index (χ4n) is 2.30. The second kappa shape index (κ2) is 5.61. The molecule has 1 aliphatic heterocycles. The fourth-order valence-corrected chi connectivity index (χ4v) is 2.41. The first-order valence-corrected chi connectivity index (χ1v) is 6.83. The number of aromatic nitrogens is 1. The van der Waals surface area contributed by atoms with Crippen LogP contribution in [0.2, 0.25) is 5.02 Å². The van der Waals surface area contributed by atoms with Crippen molar-refractivity contribution < 1.29 is 4.79 Å². The minimum Gasteiger partial charge on any atom is -0.309 e. The summed E-state index contributed by atoms with van der Waals surface area (Å²) in [5.74, 6) is 0.439. The normalized spacial score (nSPS) is 17.4. The molecule has 1 aromatic carbocycles. The minimum atomic E-state index is -0.234. The largest absolute Gasteiger partial charge is 0.309 e. The third kappa shape index (κ3) is 2.81. The molecule has 102 valence electrons. The summed E-state index contributed by atoms with van der Waals surface area (Å²) in [6, 6.07) is 11.3. The van der Waals surface area contributed by atoms with Gasteiger partial charge < -0.3 is 10.6 Å². The summed E-state index contributed by atoms with van der Waals surface area (Å²) in [5.41, 5.74) is 2.47. The van der Waals surface area contributed by atoms with E-state index in [1.54, 1.807) is 12.1 Å². The van der Waals surface area contributed by atoms with Gasteiger partial charge in [0.15, 0.2) is 0 Å². The van der Waals surface area contributed by atoms with Crippen LogP contribution in [0, 0.1) is 0 Å². The van der Waals surface area contributed by atoms with Gasteiger partial charge >= 0.3 is 0 Å². The summed E-state index contributed by atoms with van der Waals surface area (Å²) in [6.07, 6.45) is 2.20. The lowest BCUT2D eigenvalue weighted by molar-refractivity contribution is -0.118. The molecular formula is C15H14ClN3O. The molecule has 5 heteroatoms. The van der Waals surface area contributed by atoms with Crippen molar-refractivity contribution in [2.24, 2.45) is 0 Å². The summed E-state index contributed by atoms with van der Waals surface area (Å²) in [6.45, 7) is 0.711. The Morgan fingerprint density at radius 3 is 2.80 bits per heavy atom. The molecule has 0 radical (unpaired) electrons. The molecule has 1 unspecified atom stereocenters. The van der Waals surface area contributed by atoms with Gasteiger partial charge in [0.05, 0.1) is 11.1 Å². The van der Waals surface area contributed by atoms with Crippen LogP contribution in [0.1, 0.15) is 11.1 Å². The standard InChI is InChI=1S/C15H14ClN3O/c16-12-5-6-14(18-9-12)19-15(20)13-7-10-3-1-2-4-11(10)8-17-13/h1-6,9,13,17H,7-8H2,(H,18,19,20). The number of anilines is 1. The van der Waals surface area contributed by atoms with Crippen LogP contribution < -0.4 is 10.6 Å². The van der Waals surface area contributed by atoms with Gasteiger partial charge in [-0.15, -0.1) is 0 Å². The maximum absolute atomic E-state index is 12.2. The van der Waals surface area contributed by atoms with E-state index in [2.05, 4.69) is 27.8 Å². The average molecular weight is 288 g/mol. The maximum atomic E-state index is 12.2. The van der Waals surface area contributed by atoms with Gasteiger partial charge in [-0.05, 0) is 29.7 Å². The Kier molecular flexibility index (Phi) is 3.67. The van der Waals surface area contributed by atoms with E-state index in [9.17, 15) is 4.79 Å². The number of benzene rings is 1. The Hall–Kier alpha value is -1.91. The van der Waals surface area contributed by atoms with Gasteiger partial charge in [-0.1, -0.05) is 35.9 Å². The van der Waals surface area contributed by atoms with Crippen molar-refractivity contribution in [1.82, 2.24) is 10.3 Å². The molecule has 20 heavy (non-hydrogen) atoms. The Balaban J connectivity index is 1.68.